The molecule has 0 radical (unpaired) electrons. The lowest BCUT2D eigenvalue weighted by Gasteiger charge is -2.18. The molecule has 0 aliphatic rings. The van der Waals surface area contributed by atoms with Gasteiger partial charge in [0.15, 0.2) is 0 Å². The molecule has 0 aliphatic carbocycles. The number of aryl methyl sites for hydroxylation is 3. The van der Waals surface area contributed by atoms with Crippen molar-refractivity contribution in [3.63, 3.8) is 0 Å². The van der Waals surface area contributed by atoms with Crippen molar-refractivity contribution < 1.29 is 14.3 Å². The van der Waals surface area contributed by atoms with E-state index in [1.165, 1.54) is 5.56 Å². The summed E-state index contributed by atoms with van der Waals surface area (Å²) in [4.78, 5) is 12.6. The molecule has 1 aromatic heterocycles. The standard InChI is InChI=1S/C22H24N2O3/c1-13-10-14(2)21(15(3)11-13)16(4)27-22(25)19-12-18(23-24-19)17-8-6-7-9-20(17)26-5/h6-12,16H,1-5H3,(H,23,24). The maximum atomic E-state index is 12.6. The quantitative estimate of drug-likeness (QED) is 0.652. The first-order valence-corrected chi connectivity index (χ1v) is 8.88. The Kier molecular flexibility index (Phi) is 5.31. The number of aromatic nitrogens is 2. The second-order valence-electron chi connectivity index (χ2n) is 6.73. The molecular formula is C22H24N2O3. The van der Waals surface area contributed by atoms with Crippen LogP contribution in [0, 0.1) is 20.8 Å². The molecule has 27 heavy (non-hydrogen) atoms. The Balaban J connectivity index is 1.81. The Morgan fingerprint density at radius 3 is 2.41 bits per heavy atom. The van der Waals surface area contributed by atoms with Crippen LogP contribution in [-0.4, -0.2) is 23.3 Å². The maximum absolute atomic E-state index is 12.6. The van der Waals surface area contributed by atoms with Crippen LogP contribution in [0.5, 0.6) is 5.75 Å². The van der Waals surface area contributed by atoms with Crippen molar-refractivity contribution in [2.75, 3.05) is 7.11 Å². The van der Waals surface area contributed by atoms with Gasteiger partial charge >= 0.3 is 5.97 Å². The number of methoxy groups -OCH3 is 1. The number of esters is 1. The highest BCUT2D eigenvalue weighted by Crippen LogP contribution is 2.30. The van der Waals surface area contributed by atoms with Crippen molar-refractivity contribution in [2.45, 2.75) is 33.8 Å². The van der Waals surface area contributed by atoms with Gasteiger partial charge in [0.05, 0.1) is 12.8 Å². The van der Waals surface area contributed by atoms with Crippen LogP contribution in [0.1, 0.15) is 45.8 Å². The summed E-state index contributed by atoms with van der Waals surface area (Å²) in [6, 6.07) is 13.4. The fraction of sp³-hybridized carbons (Fsp3) is 0.273. The summed E-state index contributed by atoms with van der Waals surface area (Å²) < 4.78 is 11.0. The SMILES string of the molecule is COc1ccccc1-c1cc(C(=O)OC(C)c2c(C)cc(C)cc2C)[nH]n1. The molecule has 0 saturated heterocycles. The number of ether oxygens (including phenoxy) is 2. The fourth-order valence-electron chi connectivity index (χ4n) is 3.54. The van der Waals surface area contributed by atoms with E-state index in [1.807, 2.05) is 45.0 Å². The van der Waals surface area contributed by atoms with Gasteiger partial charge in [0, 0.05) is 5.56 Å². The van der Waals surface area contributed by atoms with Crippen LogP contribution in [0.3, 0.4) is 0 Å². The predicted octanol–water partition coefficient (Wildman–Crippen LogP) is 4.93. The van der Waals surface area contributed by atoms with E-state index in [2.05, 4.69) is 29.3 Å². The molecule has 0 saturated carbocycles. The Labute approximate surface area is 159 Å². The third-order valence-corrected chi connectivity index (χ3v) is 4.61. The predicted molar refractivity (Wildman–Crippen MR) is 105 cm³/mol. The smallest absolute Gasteiger partial charge is 0.356 e. The Hall–Kier alpha value is -3.08. The van der Waals surface area contributed by atoms with E-state index in [-0.39, 0.29) is 6.10 Å². The van der Waals surface area contributed by atoms with Crippen LogP contribution in [0.2, 0.25) is 0 Å². The van der Waals surface area contributed by atoms with Crippen LogP contribution < -0.4 is 4.74 Å². The van der Waals surface area contributed by atoms with Gasteiger partial charge in [0.2, 0.25) is 0 Å². The summed E-state index contributed by atoms with van der Waals surface area (Å²) in [5, 5.41) is 7.01. The fourth-order valence-corrected chi connectivity index (χ4v) is 3.54. The monoisotopic (exact) mass is 364 g/mol. The summed E-state index contributed by atoms with van der Waals surface area (Å²) in [5.41, 5.74) is 6.23. The summed E-state index contributed by atoms with van der Waals surface area (Å²) in [7, 11) is 1.61. The molecule has 1 unspecified atom stereocenters. The molecule has 3 rings (SSSR count). The van der Waals surface area contributed by atoms with Crippen LogP contribution in [0.15, 0.2) is 42.5 Å². The Bertz CT molecular complexity index is 952. The summed E-state index contributed by atoms with van der Waals surface area (Å²) in [5.74, 6) is 0.263. The summed E-state index contributed by atoms with van der Waals surface area (Å²) in [6.45, 7) is 8.02. The van der Waals surface area contributed by atoms with Gasteiger partial charge in [0.1, 0.15) is 17.5 Å². The Morgan fingerprint density at radius 1 is 1.07 bits per heavy atom. The first-order chi connectivity index (χ1) is 12.9. The van der Waals surface area contributed by atoms with E-state index in [4.69, 9.17) is 9.47 Å². The third-order valence-electron chi connectivity index (χ3n) is 4.61. The van der Waals surface area contributed by atoms with Crippen molar-refractivity contribution in [1.29, 1.82) is 0 Å². The highest BCUT2D eigenvalue weighted by atomic mass is 16.5. The normalized spacial score (nSPS) is 11.9. The number of rotatable bonds is 5. The molecule has 0 bridgehead atoms. The lowest BCUT2D eigenvalue weighted by Crippen LogP contribution is -2.12. The van der Waals surface area contributed by atoms with E-state index in [0.29, 0.717) is 17.1 Å². The van der Waals surface area contributed by atoms with Gasteiger partial charge in [-0.25, -0.2) is 4.79 Å². The topological polar surface area (TPSA) is 64.2 Å². The van der Waals surface area contributed by atoms with Crippen molar-refractivity contribution in [3.8, 4) is 17.0 Å². The molecule has 1 N–H and O–H groups in total. The summed E-state index contributed by atoms with van der Waals surface area (Å²) >= 11 is 0. The molecule has 0 aliphatic heterocycles. The molecule has 0 spiro atoms. The highest BCUT2D eigenvalue weighted by molar-refractivity contribution is 5.89. The average Bonchev–Trinajstić information content (AvgIpc) is 3.10. The van der Waals surface area contributed by atoms with Crippen LogP contribution in [0.25, 0.3) is 11.3 Å². The maximum Gasteiger partial charge on any atom is 0.356 e. The van der Waals surface area contributed by atoms with E-state index in [9.17, 15) is 4.79 Å². The van der Waals surface area contributed by atoms with Gasteiger partial charge in [-0.15, -0.1) is 0 Å². The Morgan fingerprint density at radius 2 is 1.74 bits per heavy atom. The molecular weight excluding hydrogens is 340 g/mol. The van der Waals surface area contributed by atoms with E-state index < -0.39 is 5.97 Å². The highest BCUT2D eigenvalue weighted by Gasteiger charge is 2.20. The van der Waals surface area contributed by atoms with Gasteiger partial charge in [-0.1, -0.05) is 29.8 Å². The number of H-pyrrole nitrogens is 1. The average molecular weight is 364 g/mol. The van der Waals surface area contributed by atoms with Crippen LogP contribution in [-0.2, 0) is 4.74 Å². The molecule has 140 valence electrons. The molecule has 0 amide bonds. The lowest BCUT2D eigenvalue weighted by atomic mass is 9.96. The lowest BCUT2D eigenvalue weighted by molar-refractivity contribution is 0.0328. The molecule has 0 fully saturated rings. The second kappa shape index (κ2) is 7.66. The van der Waals surface area contributed by atoms with Gasteiger partial charge in [-0.05, 0) is 62.6 Å². The number of aromatic amines is 1. The van der Waals surface area contributed by atoms with E-state index >= 15 is 0 Å². The van der Waals surface area contributed by atoms with Gasteiger partial charge in [-0.3, -0.25) is 5.10 Å². The van der Waals surface area contributed by atoms with Gasteiger partial charge in [0.25, 0.3) is 0 Å². The van der Waals surface area contributed by atoms with Crippen molar-refractivity contribution >= 4 is 5.97 Å². The number of nitrogens with one attached hydrogen (secondary N) is 1. The number of benzene rings is 2. The van der Waals surface area contributed by atoms with Gasteiger partial charge < -0.3 is 9.47 Å². The zero-order chi connectivity index (χ0) is 19.6. The van der Waals surface area contributed by atoms with Crippen molar-refractivity contribution in [3.05, 3.63) is 70.4 Å². The zero-order valence-corrected chi connectivity index (χ0v) is 16.3. The number of para-hydroxylation sites is 1. The van der Waals surface area contributed by atoms with Crippen LogP contribution >= 0.6 is 0 Å². The number of carbonyl (C=O) groups is 1. The van der Waals surface area contributed by atoms with E-state index in [0.717, 1.165) is 22.3 Å². The summed E-state index contributed by atoms with van der Waals surface area (Å²) in [6.07, 6.45) is -0.351. The molecule has 5 heteroatoms. The van der Waals surface area contributed by atoms with Crippen LogP contribution in [0.4, 0.5) is 0 Å². The van der Waals surface area contributed by atoms with Crippen molar-refractivity contribution in [1.82, 2.24) is 10.2 Å². The first kappa shape index (κ1) is 18.7. The number of hydrogen-bond acceptors (Lipinski definition) is 4. The zero-order valence-electron chi connectivity index (χ0n) is 16.3. The molecule has 2 aromatic carbocycles. The molecule has 5 nitrogen and oxygen atoms in total. The number of hydrogen-bond donors (Lipinski definition) is 1. The van der Waals surface area contributed by atoms with Gasteiger partial charge in [-0.2, -0.15) is 5.10 Å². The minimum absolute atomic E-state index is 0.310. The molecule has 1 atom stereocenters. The minimum Gasteiger partial charge on any atom is -0.496 e. The van der Waals surface area contributed by atoms with E-state index in [1.54, 1.807) is 13.2 Å². The minimum atomic E-state index is -0.435. The number of carbonyl (C=O) groups excluding carboxylic acids is 1. The molecule has 1 heterocycles. The third kappa shape index (κ3) is 3.87. The largest absolute Gasteiger partial charge is 0.496 e. The molecule has 3 aromatic rings. The second-order valence-corrected chi connectivity index (χ2v) is 6.73. The van der Waals surface area contributed by atoms with Crippen molar-refractivity contribution in [2.24, 2.45) is 0 Å². The number of nitrogens with zero attached hydrogens (tertiary/aromatic N) is 1. The first-order valence-electron chi connectivity index (χ1n) is 8.88.